The maximum atomic E-state index is 4.66. The molecule has 2 nitrogen and oxygen atoms in total. The van der Waals surface area contributed by atoms with Crippen molar-refractivity contribution in [3.05, 3.63) is 41.5 Å². The Kier molecular flexibility index (Phi) is 19.5. The van der Waals surface area contributed by atoms with Crippen LogP contribution >= 0.6 is 0 Å². The van der Waals surface area contributed by atoms with Crippen molar-refractivity contribution in [3.8, 4) is 0 Å². The third-order valence-corrected chi connectivity index (χ3v) is 3.53. The standard InChI is InChI=1S/C9H7.C4H10O2.3ClH.Zr/c1-2-5-9-7-3-6-8(9)4-1;1-5-3-4-6-2;;;;/h1-7H;3-4H2,1-2H3;3*1H;/q;;;;;+3/p-3. The van der Waals surface area contributed by atoms with Gasteiger partial charge < -0.3 is 46.7 Å². The van der Waals surface area contributed by atoms with Crippen molar-refractivity contribution in [2.24, 2.45) is 0 Å². The molecule has 0 fully saturated rings. The predicted octanol–water partition coefficient (Wildman–Crippen LogP) is -6.41. The minimum atomic E-state index is 0. The quantitative estimate of drug-likeness (QED) is 0.468. The summed E-state index contributed by atoms with van der Waals surface area (Å²) in [5, 5.41) is 0. The zero-order valence-corrected chi connectivity index (χ0v) is 15.6. The summed E-state index contributed by atoms with van der Waals surface area (Å²) in [6.45, 7) is 1.38. The molecule has 0 amide bonds. The van der Waals surface area contributed by atoms with Gasteiger partial charge in [-0.1, -0.05) is 0 Å². The molecule has 0 bridgehead atoms. The predicted molar refractivity (Wildman–Crippen MR) is 62.0 cm³/mol. The van der Waals surface area contributed by atoms with Crippen molar-refractivity contribution in [1.29, 1.82) is 0 Å². The number of rotatable bonds is 3. The number of methoxy groups -OCH3 is 2. The van der Waals surface area contributed by atoms with Crippen LogP contribution in [0.15, 0.2) is 30.3 Å². The Bertz CT molecular complexity index is 344. The van der Waals surface area contributed by atoms with Gasteiger partial charge in [-0.25, -0.2) is 0 Å². The first-order valence-corrected chi connectivity index (χ1v) is 6.67. The normalized spacial score (nSPS) is 14.0. The molecule has 0 saturated carbocycles. The van der Waals surface area contributed by atoms with Crippen LogP contribution < -0.4 is 37.2 Å². The summed E-state index contributed by atoms with van der Waals surface area (Å²) < 4.78 is 10.0. The van der Waals surface area contributed by atoms with E-state index in [0.717, 1.165) is 0 Å². The minimum absolute atomic E-state index is 0. The van der Waals surface area contributed by atoms with Gasteiger partial charge in [-0.2, -0.15) is 0 Å². The Morgan fingerprint density at radius 2 is 1.53 bits per heavy atom. The molecule has 0 spiro atoms. The van der Waals surface area contributed by atoms with E-state index in [4.69, 9.17) is 0 Å². The second-order valence-electron chi connectivity index (χ2n) is 3.45. The molecule has 1 unspecified atom stereocenters. The molecule has 0 saturated heterocycles. The fourth-order valence-electron chi connectivity index (χ4n) is 1.42. The average molecular weight is 403 g/mol. The Hall–Kier alpha value is 0.633. The second kappa shape index (κ2) is 15.0. The van der Waals surface area contributed by atoms with Gasteiger partial charge in [0.05, 0.1) is 13.2 Å². The summed E-state index contributed by atoms with van der Waals surface area (Å²) in [4.78, 5) is 0. The molecule has 106 valence electrons. The van der Waals surface area contributed by atoms with E-state index in [2.05, 4.69) is 45.9 Å². The number of hydrogen-bond acceptors (Lipinski definition) is 2. The van der Waals surface area contributed by atoms with Gasteiger partial charge >= 0.3 is 75.9 Å². The van der Waals surface area contributed by atoms with Crippen molar-refractivity contribution in [2.45, 2.75) is 3.63 Å². The first kappa shape index (κ1) is 24.6. The van der Waals surface area contributed by atoms with Crippen LogP contribution in [0.5, 0.6) is 0 Å². The molecule has 0 aliphatic heterocycles. The second-order valence-corrected chi connectivity index (χ2v) is 4.98. The van der Waals surface area contributed by atoms with Crippen molar-refractivity contribution in [3.63, 3.8) is 0 Å². The maximum absolute atomic E-state index is 4.66. The summed E-state index contributed by atoms with van der Waals surface area (Å²) in [6.07, 6.45) is 4.50. The van der Waals surface area contributed by atoms with Gasteiger partial charge in [-0.3, -0.25) is 0 Å². The topological polar surface area (TPSA) is 18.5 Å². The molecule has 1 atom stereocenters. The molecule has 1 aliphatic carbocycles. The van der Waals surface area contributed by atoms with Crippen LogP contribution in [0.2, 0.25) is 0 Å². The average Bonchev–Trinajstić information content (AvgIpc) is 2.70. The zero-order valence-electron chi connectivity index (χ0n) is 10.9. The van der Waals surface area contributed by atoms with Gasteiger partial charge in [0.25, 0.3) is 0 Å². The number of benzene rings is 1. The van der Waals surface area contributed by atoms with E-state index in [0.29, 0.717) is 16.8 Å². The number of halogens is 3. The third-order valence-electron chi connectivity index (χ3n) is 2.29. The van der Waals surface area contributed by atoms with Gasteiger partial charge in [0.15, 0.2) is 0 Å². The van der Waals surface area contributed by atoms with Crippen LogP contribution in [0.25, 0.3) is 6.08 Å². The number of fused-ring (bicyclic) bond motifs is 1. The molecule has 1 aliphatic rings. The van der Waals surface area contributed by atoms with Crippen molar-refractivity contribution in [1.82, 2.24) is 0 Å². The van der Waals surface area contributed by atoms with Gasteiger partial charge in [0.2, 0.25) is 0 Å². The van der Waals surface area contributed by atoms with Crippen molar-refractivity contribution < 1.29 is 71.4 Å². The van der Waals surface area contributed by atoms with E-state index in [1.807, 2.05) is 0 Å². The molecule has 1 aromatic rings. The zero-order chi connectivity index (χ0) is 11.8. The number of hydrogen-bond donors (Lipinski definition) is 0. The van der Waals surface area contributed by atoms with Gasteiger partial charge in [0.1, 0.15) is 0 Å². The summed E-state index contributed by atoms with van der Waals surface area (Å²) >= 11 is 1.59. The van der Waals surface area contributed by atoms with E-state index in [1.54, 1.807) is 38.9 Å². The molecule has 6 heteroatoms. The van der Waals surface area contributed by atoms with Crippen LogP contribution in [0.4, 0.5) is 0 Å². The van der Waals surface area contributed by atoms with Crippen LogP contribution in [-0.4, -0.2) is 27.4 Å². The van der Waals surface area contributed by atoms with Crippen LogP contribution in [0, 0.1) is 0 Å². The number of allylic oxidation sites excluding steroid dienone is 1. The van der Waals surface area contributed by atoms with Crippen LogP contribution in [-0.2, 0) is 34.2 Å². The molecular formula is C13H17Cl3O2Zr. The van der Waals surface area contributed by atoms with E-state index >= 15 is 0 Å². The van der Waals surface area contributed by atoms with E-state index in [1.165, 1.54) is 11.1 Å². The molecule has 1 aromatic carbocycles. The summed E-state index contributed by atoms with van der Waals surface area (Å²) in [5.41, 5.74) is 2.91. The van der Waals surface area contributed by atoms with Crippen molar-refractivity contribution >= 4 is 6.08 Å². The molecule has 0 aromatic heterocycles. The van der Waals surface area contributed by atoms with Crippen molar-refractivity contribution in [2.75, 3.05) is 27.4 Å². The Labute approximate surface area is 149 Å². The Morgan fingerprint density at radius 3 is 2.00 bits per heavy atom. The van der Waals surface area contributed by atoms with Crippen LogP contribution in [0.1, 0.15) is 14.8 Å². The molecule has 0 heterocycles. The summed E-state index contributed by atoms with van der Waals surface area (Å²) in [5.74, 6) is 0. The van der Waals surface area contributed by atoms with Crippen LogP contribution in [0.3, 0.4) is 0 Å². The van der Waals surface area contributed by atoms with E-state index < -0.39 is 0 Å². The molecule has 0 N–H and O–H groups in total. The van der Waals surface area contributed by atoms with E-state index in [-0.39, 0.29) is 37.2 Å². The Morgan fingerprint density at radius 1 is 1.00 bits per heavy atom. The van der Waals surface area contributed by atoms with Gasteiger partial charge in [-0.15, -0.1) is 0 Å². The summed E-state index contributed by atoms with van der Waals surface area (Å²) in [6, 6.07) is 8.60. The SMILES string of the molecule is COCCOC.[Cl-].[Cl-].[Cl-].[Zr+3][CH]1C=Cc2ccccc21. The molecular weight excluding hydrogens is 386 g/mol. The van der Waals surface area contributed by atoms with Gasteiger partial charge in [0, 0.05) is 14.2 Å². The fourth-order valence-corrected chi connectivity index (χ4v) is 2.30. The first-order valence-electron chi connectivity index (χ1n) is 5.25. The summed E-state index contributed by atoms with van der Waals surface area (Å²) in [7, 11) is 3.30. The Balaban J connectivity index is -0.000000257. The van der Waals surface area contributed by atoms with Gasteiger partial charge in [-0.05, 0) is 0 Å². The first-order chi connectivity index (χ1) is 7.79. The van der Waals surface area contributed by atoms with E-state index in [9.17, 15) is 0 Å². The molecule has 0 radical (unpaired) electrons. The molecule has 19 heavy (non-hydrogen) atoms. The number of ether oxygens (including phenoxy) is 2. The third kappa shape index (κ3) is 9.23. The monoisotopic (exact) mass is 400 g/mol. The molecule has 2 rings (SSSR count). The fraction of sp³-hybridized carbons (Fsp3) is 0.385.